The molecule has 5 heteroatoms. The first-order chi connectivity index (χ1) is 9.76. The number of hydrogen-bond acceptors (Lipinski definition) is 5. The molecular weight excluding hydrogens is 254 g/mol. The maximum atomic E-state index is 9.17. The average Bonchev–Trinajstić information content (AvgIpc) is 2.89. The lowest BCUT2D eigenvalue weighted by Crippen LogP contribution is -2.24. The zero-order valence-corrected chi connectivity index (χ0v) is 11.4. The Kier molecular flexibility index (Phi) is 2.57. The zero-order chi connectivity index (χ0) is 13.7. The Hall–Kier alpha value is -1.88. The Balaban J connectivity index is 1.50. The molecule has 1 N–H and O–H groups in total. The molecular formula is C15H17N3O2. The number of nitrogens with zero attached hydrogens (tertiary/aromatic N) is 3. The summed E-state index contributed by atoms with van der Waals surface area (Å²) in [5.74, 6) is 2.34. The average molecular weight is 271 g/mol. The van der Waals surface area contributed by atoms with Crippen molar-refractivity contribution in [3.05, 3.63) is 29.8 Å². The molecule has 1 saturated carbocycles. The smallest absolute Gasteiger partial charge is 0.324 e. The summed E-state index contributed by atoms with van der Waals surface area (Å²) in [6.07, 6.45) is 0. The summed E-state index contributed by atoms with van der Waals surface area (Å²) >= 11 is 0. The highest BCUT2D eigenvalue weighted by Gasteiger charge is 2.56. The quantitative estimate of drug-likeness (QED) is 0.921. The molecule has 2 heterocycles. The second kappa shape index (κ2) is 4.31. The largest absolute Gasteiger partial charge is 0.396 e. The fraction of sp³-hybridized carbons (Fsp3) is 0.467. The maximum Gasteiger partial charge on any atom is 0.324 e. The van der Waals surface area contributed by atoms with Crippen LogP contribution in [0, 0.1) is 24.7 Å². The van der Waals surface area contributed by atoms with Crippen LogP contribution in [0.1, 0.15) is 5.56 Å². The Labute approximate surface area is 117 Å². The summed E-state index contributed by atoms with van der Waals surface area (Å²) in [6, 6.07) is 8.70. The molecule has 0 bridgehead atoms. The van der Waals surface area contributed by atoms with Crippen molar-refractivity contribution in [1.29, 1.82) is 0 Å². The van der Waals surface area contributed by atoms with E-state index in [0.29, 0.717) is 36.2 Å². The highest BCUT2D eigenvalue weighted by atomic mass is 16.5. The molecule has 3 atom stereocenters. The Morgan fingerprint density at radius 2 is 1.95 bits per heavy atom. The lowest BCUT2D eigenvalue weighted by molar-refractivity contribution is 0.259. The first-order valence-electron chi connectivity index (χ1n) is 7.03. The summed E-state index contributed by atoms with van der Waals surface area (Å²) in [5, 5.41) is 13.2. The van der Waals surface area contributed by atoms with E-state index in [1.807, 2.05) is 24.3 Å². The number of aromatic nitrogens is 2. The first-order valence-corrected chi connectivity index (χ1v) is 7.03. The molecule has 0 radical (unpaired) electrons. The van der Waals surface area contributed by atoms with Gasteiger partial charge in [0.05, 0.1) is 0 Å². The maximum absolute atomic E-state index is 9.17. The number of anilines is 1. The van der Waals surface area contributed by atoms with Gasteiger partial charge in [-0.05, 0) is 24.7 Å². The molecule has 1 saturated heterocycles. The van der Waals surface area contributed by atoms with E-state index in [0.717, 1.165) is 18.7 Å². The molecule has 1 aliphatic heterocycles. The van der Waals surface area contributed by atoms with Crippen molar-refractivity contribution >= 4 is 6.01 Å². The van der Waals surface area contributed by atoms with E-state index >= 15 is 0 Å². The number of rotatable bonds is 3. The van der Waals surface area contributed by atoms with Crippen LogP contribution in [0.4, 0.5) is 6.01 Å². The van der Waals surface area contributed by atoms with E-state index in [4.69, 9.17) is 4.52 Å². The fourth-order valence-electron chi connectivity index (χ4n) is 3.24. The number of piperidine rings is 1. The molecule has 2 aliphatic rings. The van der Waals surface area contributed by atoms with Crippen molar-refractivity contribution in [2.24, 2.45) is 17.8 Å². The minimum Gasteiger partial charge on any atom is -0.396 e. The second-order valence-electron chi connectivity index (χ2n) is 5.85. The number of aryl methyl sites for hydroxylation is 1. The van der Waals surface area contributed by atoms with Gasteiger partial charge in [-0.3, -0.25) is 0 Å². The summed E-state index contributed by atoms with van der Waals surface area (Å²) in [6.45, 7) is 4.21. The summed E-state index contributed by atoms with van der Waals surface area (Å²) < 4.78 is 5.37. The van der Waals surface area contributed by atoms with E-state index in [9.17, 15) is 5.11 Å². The van der Waals surface area contributed by atoms with Gasteiger partial charge in [0.25, 0.3) is 0 Å². The van der Waals surface area contributed by atoms with E-state index in [1.165, 1.54) is 5.56 Å². The van der Waals surface area contributed by atoms with E-state index < -0.39 is 0 Å². The van der Waals surface area contributed by atoms with Crippen LogP contribution in [0.5, 0.6) is 0 Å². The minimum absolute atomic E-state index is 0.307. The van der Waals surface area contributed by atoms with Gasteiger partial charge in [0.2, 0.25) is 5.82 Å². The van der Waals surface area contributed by atoms with Gasteiger partial charge in [-0.2, -0.15) is 4.98 Å². The molecule has 2 aromatic rings. The molecule has 20 heavy (non-hydrogen) atoms. The molecule has 4 rings (SSSR count). The molecule has 1 aliphatic carbocycles. The van der Waals surface area contributed by atoms with Gasteiger partial charge < -0.3 is 14.5 Å². The fourth-order valence-corrected chi connectivity index (χ4v) is 3.24. The highest BCUT2D eigenvalue weighted by molar-refractivity contribution is 5.56. The zero-order valence-electron chi connectivity index (χ0n) is 11.4. The Morgan fingerprint density at radius 3 is 2.60 bits per heavy atom. The van der Waals surface area contributed by atoms with E-state index in [1.54, 1.807) is 0 Å². The van der Waals surface area contributed by atoms with Crippen LogP contribution in [0.25, 0.3) is 11.4 Å². The third kappa shape index (κ3) is 1.81. The van der Waals surface area contributed by atoms with Crippen molar-refractivity contribution in [2.75, 3.05) is 24.6 Å². The normalized spacial score (nSPS) is 27.7. The van der Waals surface area contributed by atoms with Crippen LogP contribution < -0.4 is 4.90 Å². The predicted molar refractivity (Wildman–Crippen MR) is 74.2 cm³/mol. The third-order valence-electron chi connectivity index (χ3n) is 4.58. The van der Waals surface area contributed by atoms with Crippen LogP contribution in [0.15, 0.2) is 28.8 Å². The summed E-state index contributed by atoms with van der Waals surface area (Å²) in [5.41, 5.74) is 2.19. The standard InChI is InChI=1S/C15H17N3O2/c1-9-2-4-10(5-3-9)14-16-15(20-17-14)18-6-11-12(7-18)13(11)8-19/h2-5,11-13,19H,6-8H2,1H3/t11-,12+,13?. The van der Waals surface area contributed by atoms with Gasteiger partial charge in [0, 0.05) is 25.3 Å². The Bertz CT molecular complexity index is 610. The molecule has 104 valence electrons. The number of aliphatic hydroxyl groups is 1. The van der Waals surface area contributed by atoms with Gasteiger partial charge in [-0.25, -0.2) is 0 Å². The lowest BCUT2D eigenvalue weighted by atomic mass is 10.1. The van der Waals surface area contributed by atoms with Crippen LogP contribution in [0.2, 0.25) is 0 Å². The highest BCUT2D eigenvalue weighted by Crippen LogP contribution is 2.51. The first kappa shape index (κ1) is 11.9. The minimum atomic E-state index is 0.307. The number of aliphatic hydroxyl groups excluding tert-OH is 1. The SMILES string of the molecule is Cc1ccc(-c2noc(N3C[C@@H]4C(CO)[C@@H]4C3)n2)cc1. The van der Waals surface area contributed by atoms with Crippen molar-refractivity contribution in [3.63, 3.8) is 0 Å². The van der Waals surface area contributed by atoms with Gasteiger partial charge in [-0.15, -0.1) is 0 Å². The molecule has 2 fully saturated rings. The van der Waals surface area contributed by atoms with Crippen molar-refractivity contribution in [3.8, 4) is 11.4 Å². The molecule has 1 aromatic heterocycles. The van der Waals surface area contributed by atoms with Crippen LogP contribution in [0.3, 0.4) is 0 Å². The van der Waals surface area contributed by atoms with Gasteiger partial charge >= 0.3 is 6.01 Å². The lowest BCUT2D eigenvalue weighted by Gasteiger charge is -2.15. The molecule has 5 nitrogen and oxygen atoms in total. The Morgan fingerprint density at radius 1 is 1.25 bits per heavy atom. The number of fused-ring (bicyclic) bond motifs is 1. The second-order valence-corrected chi connectivity index (χ2v) is 5.85. The molecule has 0 spiro atoms. The van der Waals surface area contributed by atoms with Crippen LogP contribution in [-0.4, -0.2) is 34.9 Å². The molecule has 0 amide bonds. The molecule has 1 aromatic carbocycles. The number of benzene rings is 1. The van der Waals surface area contributed by atoms with Gasteiger partial charge in [-0.1, -0.05) is 35.0 Å². The summed E-state index contributed by atoms with van der Waals surface area (Å²) in [7, 11) is 0. The third-order valence-corrected chi connectivity index (χ3v) is 4.58. The van der Waals surface area contributed by atoms with E-state index in [-0.39, 0.29) is 0 Å². The van der Waals surface area contributed by atoms with Crippen molar-refractivity contribution < 1.29 is 9.63 Å². The van der Waals surface area contributed by atoms with Crippen LogP contribution >= 0.6 is 0 Å². The topological polar surface area (TPSA) is 62.4 Å². The van der Waals surface area contributed by atoms with Crippen LogP contribution in [-0.2, 0) is 0 Å². The predicted octanol–water partition coefficient (Wildman–Crippen LogP) is 1.72. The van der Waals surface area contributed by atoms with Crippen molar-refractivity contribution in [1.82, 2.24) is 10.1 Å². The van der Waals surface area contributed by atoms with Gasteiger partial charge in [0.1, 0.15) is 0 Å². The molecule has 1 unspecified atom stereocenters. The van der Waals surface area contributed by atoms with E-state index in [2.05, 4.69) is 22.0 Å². The monoisotopic (exact) mass is 271 g/mol. The summed E-state index contributed by atoms with van der Waals surface area (Å²) in [4.78, 5) is 6.61. The number of hydrogen-bond donors (Lipinski definition) is 1. The van der Waals surface area contributed by atoms with Crippen molar-refractivity contribution in [2.45, 2.75) is 6.92 Å². The van der Waals surface area contributed by atoms with Gasteiger partial charge in [0.15, 0.2) is 0 Å².